The monoisotopic (exact) mass is 644 g/mol. The molecule has 1 aromatic heterocycles. The summed E-state index contributed by atoms with van der Waals surface area (Å²) in [6, 6.07) is 41.9. The molecule has 0 amide bonds. The third-order valence-electron chi connectivity index (χ3n) is 8.26. The Bertz CT molecular complexity index is 1920. The minimum Gasteiger partial charge on any atom is -0.497 e. The first-order valence-electron chi connectivity index (χ1n) is 14.4. The van der Waals surface area contributed by atoms with Crippen LogP contribution >= 0.6 is 15.9 Å². The van der Waals surface area contributed by atoms with E-state index in [0.717, 1.165) is 48.9 Å². The molecule has 1 N–H and O–H groups in total. The summed E-state index contributed by atoms with van der Waals surface area (Å²) >= 11 is 3.69. The number of fused-ring (bicyclic) bond motifs is 1. The lowest BCUT2D eigenvalue weighted by Gasteiger charge is -2.40. The van der Waals surface area contributed by atoms with Crippen molar-refractivity contribution >= 4 is 38.5 Å². The van der Waals surface area contributed by atoms with Gasteiger partial charge in [0.1, 0.15) is 11.2 Å². The average Bonchev–Trinajstić information content (AvgIpc) is 3.40. The molecule has 2 atom stereocenters. The van der Waals surface area contributed by atoms with Crippen LogP contribution in [0.15, 0.2) is 138 Å². The lowest BCUT2D eigenvalue weighted by atomic mass is 9.66. The molecule has 0 saturated heterocycles. The van der Waals surface area contributed by atoms with Crippen LogP contribution in [-0.2, 0) is 22.0 Å². The molecule has 0 fully saturated rings. The third kappa shape index (κ3) is 5.26. The number of halogens is 1. The number of ether oxygens (including phenoxy) is 2. The van der Waals surface area contributed by atoms with Crippen LogP contribution in [0.1, 0.15) is 22.7 Å². The van der Waals surface area contributed by atoms with Gasteiger partial charge >= 0.3 is 5.97 Å². The first kappa shape index (κ1) is 29.3. The van der Waals surface area contributed by atoms with Gasteiger partial charge in [0, 0.05) is 45.9 Å². The number of carbonyl (C=O) groups excluding carboxylic acids is 1. The highest BCUT2D eigenvalue weighted by atomic mass is 79.9. The average molecular weight is 646 g/mol. The molecule has 0 bridgehead atoms. The Morgan fingerprint density at radius 2 is 1.52 bits per heavy atom. The topological polar surface area (TPSA) is 52.5 Å². The molecular formula is C38H33BrN2O3. The molecule has 0 aliphatic heterocycles. The van der Waals surface area contributed by atoms with Gasteiger partial charge in [0.05, 0.1) is 20.3 Å². The fourth-order valence-electron chi connectivity index (χ4n) is 6.20. The zero-order valence-electron chi connectivity index (χ0n) is 24.8. The Morgan fingerprint density at radius 1 is 0.795 bits per heavy atom. The second-order valence-electron chi connectivity index (χ2n) is 10.8. The van der Waals surface area contributed by atoms with Crippen molar-refractivity contribution in [2.75, 3.05) is 19.5 Å². The normalized spacial score (nSPS) is 13.2. The first-order chi connectivity index (χ1) is 21.4. The predicted octanol–water partition coefficient (Wildman–Crippen LogP) is 8.93. The van der Waals surface area contributed by atoms with Crippen molar-refractivity contribution in [1.29, 1.82) is 0 Å². The maximum atomic E-state index is 14.8. The SMILES string of the molecule is COC(=O)[C@](c1cccc(Br)c1)(c1cn(C)c2ccc(-c3ccccc3)cc12)[C@@H](Nc1cccc(OC)c1)c1ccccc1. The summed E-state index contributed by atoms with van der Waals surface area (Å²) in [5.41, 5.74) is 5.22. The van der Waals surface area contributed by atoms with Crippen molar-refractivity contribution < 1.29 is 14.3 Å². The van der Waals surface area contributed by atoms with Crippen LogP contribution in [0.5, 0.6) is 5.75 Å². The number of esters is 1. The minimum atomic E-state index is -1.32. The van der Waals surface area contributed by atoms with E-state index in [1.165, 1.54) is 7.11 Å². The molecule has 6 aromatic rings. The van der Waals surface area contributed by atoms with Crippen LogP contribution in [-0.4, -0.2) is 24.8 Å². The molecule has 0 radical (unpaired) electrons. The number of aromatic nitrogens is 1. The summed E-state index contributed by atoms with van der Waals surface area (Å²) < 4.78 is 14.3. The highest BCUT2D eigenvalue weighted by molar-refractivity contribution is 9.10. The van der Waals surface area contributed by atoms with E-state index >= 15 is 0 Å². The maximum Gasteiger partial charge on any atom is 0.323 e. The smallest absolute Gasteiger partial charge is 0.323 e. The van der Waals surface area contributed by atoms with Gasteiger partial charge in [0.15, 0.2) is 0 Å². The molecule has 0 aliphatic carbocycles. The predicted molar refractivity (Wildman–Crippen MR) is 181 cm³/mol. The molecule has 5 aromatic carbocycles. The van der Waals surface area contributed by atoms with Gasteiger partial charge in [-0.3, -0.25) is 4.79 Å². The minimum absolute atomic E-state index is 0.377. The lowest BCUT2D eigenvalue weighted by Crippen LogP contribution is -2.47. The summed E-state index contributed by atoms with van der Waals surface area (Å²) in [7, 11) is 5.13. The van der Waals surface area contributed by atoms with Crippen molar-refractivity contribution in [1.82, 2.24) is 4.57 Å². The van der Waals surface area contributed by atoms with Gasteiger partial charge in [0.2, 0.25) is 0 Å². The number of aryl methyl sites for hydroxylation is 1. The first-order valence-corrected chi connectivity index (χ1v) is 15.2. The van der Waals surface area contributed by atoms with E-state index in [-0.39, 0.29) is 5.97 Å². The number of methoxy groups -OCH3 is 2. The molecule has 0 saturated carbocycles. The Kier molecular flexibility index (Phi) is 8.27. The van der Waals surface area contributed by atoms with Crippen LogP contribution in [0.4, 0.5) is 5.69 Å². The van der Waals surface area contributed by atoms with Crippen molar-refractivity contribution in [2.24, 2.45) is 7.05 Å². The standard InChI is InChI=1S/C38H33BrN2O3/c1-41-25-34(33-22-28(20-21-35(33)41)26-12-6-4-7-13-26)38(37(42)44-3,29-16-10-17-30(39)23-29)36(27-14-8-5-9-15-27)40-31-18-11-19-32(24-31)43-2/h4-25,36,40H,1-3H3/t36-,38+/m0/s1. The molecule has 0 spiro atoms. The fourth-order valence-corrected chi connectivity index (χ4v) is 6.60. The quantitative estimate of drug-likeness (QED) is 0.160. The number of hydrogen-bond donors (Lipinski definition) is 1. The zero-order valence-corrected chi connectivity index (χ0v) is 26.4. The van der Waals surface area contributed by atoms with Crippen LogP contribution in [0.3, 0.4) is 0 Å². The number of hydrogen-bond acceptors (Lipinski definition) is 4. The summed E-state index contributed by atoms with van der Waals surface area (Å²) in [5, 5.41) is 4.72. The molecule has 220 valence electrons. The number of rotatable bonds is 9. The fraction of sp³-hybridized carbons (Fsp3) is 0.132. The van der Waals surface area contributed by atoms with E-state index in [0.29, 0.717) is 5.75 Å². The highest BCUT2D eigenvalue weighted by Crippen LogP contribution is 2.50. The summed E-state index contributed by atoms with van der Waals surface area (Å²) in [6.45, 7) is 0. The molecule has 0 unspecified atom stereocenters. The summed E-state index contributed by atoms with van der Waals surface area (Å²) in [4.78, 5) is 14.8. The highest BCUT2D eigenvalue weighted by Gasteiger charge is 2.52. The van der Waals surface area contributed by atoms with Crippen molar-refractivity contribution in [3.8, 4) is 16.9 Å². The lowest BCUT2D eigenvalue weighted by molar-refractivity contribution is -0.146. The van der Waals surface area contributed by atoms with Crippen LogP contribution in [0.2, 0.25) is 0 Å². The van der Waals surface area contributed by atoms with Gasteiger partial charge in [-0.1, -0.05) is 101 Å². The zero-order chi connectivity index (χ0) is 30.7. The van der Waals surface area contributed by atoms with Gasteiger partial charge in [-0.15, -0.1) is 0 Å². The Balaban J connectivity index is 1.72. The van der Waals surface area contributed by atoms with E-state index in [1.54, 1.807) is 7.11 Å². The molecule has 1 heterocycles. The van der Waals surface area contributed by atoms with E-state index < -0.39 is 11.5 Å². The summed E-state index contributed by atoms with van der Waals surface area (Å²) in [5.74, 6) is 0.336. The van der Waals surface area contributed by atoms with E-state index in [9.17, 15) is 4.79 Å². The largest absolute Gasteiger partial charge is 0.497 e. The Labute approximate surface area is 266 Å². The molecule has 6 heteroatoms. The van der Waals surface area contributed by atoms with E-state index in [4.69, 9.17) is 9.47 Å². The number of carbonyl (C=O) groups is 1. The number of nitrogens with one attached hydrogen (secondary N) is 1. The number of nitrogens with zero attached hydrogens (tertiary/aromatic N) is 1. The van der Waals surface area contributed by atoms with Gasteiger partial charge in [-0.2, -0.15) is 0 Å². The van der Waals surface area contributed by atoms with Gasteiger partial charge < -0.3 is 19.4 Å². The molecular weight excluding hydrogens is 612 g/mol. The molecule has 44 heavy (non-hydrogen) atoms. The van der Waals surface area contributed by atoms with Gasteiger partial charge in [-0.05, 0) is 58.7 Å². The molecule has 6 rings (SSSR count). The van der Waals surface area contributed by atoms with Crippen molar-refractivity contribution in [3.63, 3.8) is 0 Å². The Morgan fingerprint density at radius 3 is 2.23 bits per heavy atom. The van der Waals surface area contributed by atoms with Crippen LogP contribution in [0.25, 0.3) is 22.0 Å². The summed E-state index contributed by atoms with van der Waals surface area (Å²) in [6.07, 6.45) is 2.07. The van der Waals surface area contributed by atoms with Gasteiger partial charge in [0.25, 0.3) is 0 Å². The van der Waals surface area contributed by atoms with E-state index in [1.807, 2.05) is 104 Å². The van der Waals surface area contributed by atoms with Crippen molar-refractivity contribution in [3.05, 3.63) is 155 Å². The number of anilines is 1. The van der Waals surface area contributed by atoms with Crippen molar-refractivity contribution in [2.45, 2.75) is 11.5 Å². The second kappa shape index (κ2) is 12.4. The van der Waals surface area contributed by atoms with Crippen LogP contribution < -0.4 is 10.1 Å². The molecule has 5 nitrogen and oxygen atoms in total. The molecule has 0 aliphatic rings. The van der Waals surface area contributed by atoms with E-state index in [2.05, 4.69) is 62.3 Å². The number of benzene rings is 5. The van der Waals surface area contributed by atoms with Gasteiger partial charge in [-0.25, -0.2) is 0 Å². The Hall–Kier alpha value is -4.81. The van der Waals surface area contributed by atoms with Crippen LogP contribution in [0, 0.1) is 0 Å². The maximum absolute atomic E-state index is 14.8. The third-order valence-corrected chi connectivity index (χ3v) is 8.75. The second-order valence-corrected chi connectivity index (χ2v) is 11.7.